The zero-order valence-electron chi connectivity index (χ0n) is 18.3. The molecule has 180 valence electrons. The molecular weight excluding hydrogens is 461 g/mol. The van der Waals surface area contributed by atoms with Gasteiger partial charge in [-0.3, -0.25) is 39.0 Å². The van der Waals surface area contributed by atoms with Gasteiger partial charge in [0, 0.05) is 13.0 Å². The summed E-state index contributed by atoms with van der Waals surface area (Å²) in [5, 5.41) is 6.78. The summed E-state index contributed by atoms with van der Waals surface area (Å²) < 4.78 is 13.1. The van der Waals surface area contributed by atoms with Gasteiger partial charge in [0.05, 0.1) is 11.1 Å². The molecule has 1 fully saturated rings. The van der Waals surface area contributed by atoms with Crippen molar-refractivity contribution in [2.45, 2.75) is 31.7 Å². The van der Waals surface area contributed by atoms with E-state index in [0.29, 0.717) is 12.8 Å². The van der Waals surface area contributed by atoms with Crippen LogP contribution in [0.25, 0.3) is 0 Å². The number of benzene rings is 1. The standard InChI is InChI=1S/C23H20FN5O6/c24-16-4-1-5-17(26-16)27-21(33)20(32)25-10-2-3-12-6-7-13-14(11-12)23(35)29(22(13)34)15-8-9-18(30)28-19(15)31/h1,4-7,11,15H,2-3,8-10H2,(H,25,32)(H,26,27,33)(H,28,30,31). The van der Waals surface area contributed by atoms with Gasteiger partial charge in [-0.05, 0) is 49.1 Å². The minimum atomic E-state index is -1.03. The Morgan fingerprint density at radius 2 is 1.83 bits per heavy atom. The number of carbonyl (C=O) groups is 6. The first-order valence-corrected chi connectivity index (χ1v) is 10.8. The van der Waals surface area contributed by atoms with Crippen LogP contribution in [0.15, 0.2) is 36.4 Å². The summed E-state index contributed by atoms with van der Waals surface area (Å²) in [6, 6.07) is 7.49. The highest BCUT2D eigenvalue weighted by Crippen LogP contribution is 2.28. The van der Waals surface area contributed by atoms with Crippen LogP contribution in [0, 0.1) is 5.95 Å². The maximum atomic E-state index is 13.1. The smallest absolute Gasteiger partial charge is 0.314 e. The van der Waals surface area contributed by atoms with E-state index in [1.165, 1.54) is 18.2 Å². The molecule has 35 heavy (non-hydrogen) atoms. The fraction of sp³-hybridized carbons (Fsp3) is 0.261. The molecule has 1 aromatic heterocycles. The van der Waals surface area contributed by atoms with E-state index >= 15 is 0 Å². The molecule has 1 unspecified atom stereocenters. The van der Waals surface area contributed by atoms with Crippen molar-refractivity contribution < 1.29 is 33.2 Å². The number of aromatic nitrogens is 1. The Bertz CT molecular complexity index is 1260. The number of anilines is 1. The number of piperidine rings is 1. The first kappa shape index (κ1) is 23.7. The number of pyridine rings is 1. The number of aryl methyl sites for hydroxylation is 1. The summed E-state index contributed by atoms with van der Waals surface area (Å²) in [5.74, 6) is -5.09. The van der Waals surface area contributed by atoms with E-state index in [1.54, 1.807) is 12.1 Å². The molecule has 0 spiro atoms. The normalized spacial score (nSPS) is 17.2. The second-order valence-corrected chi connectivity index (χ2v) is 7.99. The highest BCUT2D eigenvalue weighted by molar-refractivity contribution is 6.39. The molecule has 0 aliphatic carbocycles. The maximum absolute atomic E-state index is 13.1. The number of imide groups is 2. The largest absolute Gasteiger partial charge is 0.348 e. The first-order chi connectivity index (χ1) is 16.7. The molecule has 2 aliphatic rings. The summed E-state index contributed by atoms with van der Waals surface area (Å²) in [6.45, 7) is 0.148. The Morgan fingerprint density at radius 3 is 2.57 bits per heavy atom. The van der Waals surface area contributed by atoms with Crippen LogP contribution in [-0.2, 0) is 25.6 Å². The third-order valence-corrected chi connectivity index (χ3v) is 5.59. The molecule has 1 saturated heterocycles. The van der Waals surface area contributed by atoms with Crippen molar-refractivity contribution in [3.8, 4) is 0 Å². The Hall–Kier alpha value is -4.48. The number of fused-ring (bicyclic) bond motifs is 1. The third-order valence-electron chi connectivity index (χ3n) is 5.59. The fourth-order valence-electron chi connectivity index (χ4n) is 3.90. The zero-order valence-corrected chi connectivity index (χ0v) is 18.3. The van der Waals surface area contributed by atoms with E-state index in [2.05, 4.69) is 20.9 Å². The van der Waals surface area contributed by atoms with Crippen LogP contribution in [0.4, 0.5) is 10.2 Å². The highest BCUT2D eigenvalue weighted by atomic mass is 19.1. The molecule has 0 saturated carbocycles. The number of nitrogens with one attached hydrogen (secondary N) is 3. The molecule has 11 nitrogen and oxygen atoms in total. The third kappa shape index (κ3) is 5.05. The quantitative estimate of drug-likeness (QED) is 0.232. The van der Waals surface area contributed by atoms with Gasteiger partial charge in [-0.2, -0.15) is 4.39 Å². The number of hydrogen-bond acceptors (Lipinski definition) is 7. The lowest BCUT2D eigenvalue weighted by Crippen LogP contribution is -2.54. The van der Waals surface area contributed by atoms with Gasteiger partial charge in [-0.1, -0.05) is 12.1 Å². The van der Waals surface area contributed by atoms with Crippen molar-refractivity contribution >= 4 is 41.3 Å². The van der Waals surface area contributed by atoms with E-state index in [0.717, 1.165) is 16.5 Å². The summed E-state index contributed by atoms with van der Waals surface area (Å²) in [6.07, 6.45) is 0.971. The van der Waals surface area contributed by atoms with Crippen LogP contribution in [0.1, 0.15) is 45.5 Å². The Balaban J connectivity index is 1.30. The van der Waals surface area contributed by atoms with Crippen molar-refractivity contribution in [1.82, 2.24) is 20.5 Å². The summed E-state index contributed by atoms with van der Waals surface area (Å²) in [7, 11) is 0. The second kappa shape index (κ2) is 9.79. The Labute approximate surface area is 198 Å². The average Bonchev–Trinajstić information content (AvgIpc) is 3.06. The monoisotopic (exact) mass is 481 g/mol. The summed E-state index contributed by atoms with van der Waals surface area (Å²) >= 11 is 0. The molecule has 4 rings (SSSR count). The minimum absolute atomic E-state index is 0.0392. The summed E-state index contributed by atoms with van der Waals surface area (Å²) in [5.41, 5.74) is 1.07. The molecule has 3 N–H and O–H groups in total. The van der Waals surface area contributed by atoms with E-state index in [9.17, 15) is 33.2 Å². The van der Waals surface area contributed by atoms with Crippen molar-refractivity contribution in [3.63, 3.8) is 0 Å². The Kier molecular flexibility index (Phi) is 6.62. The van der Waals surface area contributed by atoms with E-state index in [-0.39, 0.29) is 36.3 Å². The number of halogens is 1. The van der Waals surface area contributed by atoms with Gasteiger partial charge in [0.15, 0.2) is 0 Å². The lowest BCUT2D eigenvalue weighted by molar-refractivity contribution is -0.136. The summed E-state index contributed by atoms with van der Waals surface area (Å²) in [4.78, 5) is 77.2. The molecule has 1 atom stereocenters. The molecule has 2 aliphatic heterocycles. The number of carbonyl (C=O) groups excluding carboxylic acids is 6. The van der Waals surface area contributed by atoms with Gasteiger partial charge in [-0.15, -0.1) is 0 Å². The van der Waals surface area contributed by atoms with Gasteiger partial charge in [0.2, 0.25) is 17.8 Å². The van der Waals surface area contributed by atoms with Crippen molar-refractivity contribution in [2.24, 2.45) is 0 Å². The number of hydrogen-bond donors (Lipinski definition) is 3. The molecule has 0 radical (unpaired) electrons. The van der Waals surface area contributed by atoms with E-state index < -0.39 is 47.4 Å². The van der Waals surface area contributed by atoms with Crippen LogP contribution in [0.2, 0.25) is 0 Å². The topological polar surface area (TPSA) is 155 Å². The van der Waals surface area contributed by atoms with Gasteiger partial charge >= 0.3 is 11.8 Å². The predicted octanol–water partition coefficient (Wildman–Crippen LogP) is 0.309. The lowest BCUT2D eigenvalue weighted by atomic mass is 10.0. The van der Waals surface area contributed by atoms with Gasteiger partial charge in [-0.25, -0.2) is 4.98 Å². The molecular formula is C23H20FN5O6. The molecule has 1 aromatic carbocycles. The SMILES string of the molecule is O=C1CCC(N2C(=O)c3ccc(CCCNC(=O)C(=O)Nc4cccc(F)n4)cc3C2=O)C(=O)N1. The molecule has 6 amide bonds. The lowest BCUT2D eigenvalue weighted by Gasteiger charge is -2.27. The van der Waals surface area contributed by atoms with E-state index in [1.807, 2.05) is 0 Å². The van der Waals surface area contributed by atoms with Crippen molar-refractivity contribution in [2.75, 3.05) is 11.9 Å². The van der Waals surface area contributed by atoms with Crippen LogP contribution < -0.4 is 16.0 Å². The molecule has 0 bridgehead atoms. The van der Waals surface area contributed by atoms with Gasteiger partial charge in [0.25, 0.3) is 11.8 Å². The predicted molar refractivity (Wildman–Crippen MR) is 117 cm³/mol. The molecule has 12 heteroatoms. The Morgan fingerprint density at radius 1 is 1.06 bits per heavy atom. The first-order valence-electron chi connectivity index (χ1n) is 10.8. The average molecular weight is 481 g/mol. The van der Waals surface area contributed by atoms with Crippen molar-refractivity contribution in [3.05, 3.63) is 59.0 Å². The zero-order chi connectivity index (χ0) is 25.1. The van der Waals surface area contributed by atoms with Crippen LogP contribution in [0.5, 0.6) is 0 Å². The van der Waals surface area contributed by atoms with Crippen LogP contribution in [-0.4, -0.2) is 57.9 Å². The van der Waals surface area contributed by atoms with Crippen molar-refractivity contribution in [1.29, 1.82) is 0 Å². The number of rotatable bonds is 6. The minimum Gasteiger partial charge on any atom is -0.348 e. The number of nitrogens with zero attached hydrogens (tertiary/aromatic N) is 2. The molecule has 3 heterocycles. The van der Waals surface area contributed by atoms with Crippen LogP contribution in [0.3, 0.4) is 0 Å². The number of amides is 6. The second-order valence-electron chi connectivity index (χ2n) is 7.99. The van der Waals surface area contributed by atoms with Gasteiger partial charge < -0.3 is 10.6 Å². The fourth-order valence-corrected chi connectivity index (χ4v) is 3.90. The molecule has 2 aromatic rings. The highest BCUT2D eigenvalue weighted by Gasteiger charge is 2.44. The van der Waals surface area contributed by atoms with E-state index in [4.69, 9.17) is 0 Å². The van der Waals surface area contributed by atoms with Crippen LogP contribution >= 0.6 is 0 Å². The van der Waals surface area contributed by atoms with Gasteiger partial charge in [0.1, 0.15) is 11.9 Å². The maximum Gasteiger partial charge on any atom is 0.314 e.